The second-order valence-electron chi connectivity index (χ2n) is 11.9. The highest BCUT2D eigenvalue weighted by Crippen LogP contribution is 2.60. The third kappa shape index (κ3) is 4.91. The number of aliphatic hydroxyl groups is 1. The Hall–Kier alpha value is -2.41. The van der Waals surface area contributed by atoms with Gasteiger partial charge in [0, 0.05) is 13.0 Å². The zero-order valence-electron chi connectivity index (χ0n) is 21.5. The molecule has 1 aliphatic heterocycles. The third-order valence-corrected chi connectivity index (χ3v) is 9.06. The van der Waals surface area contributed by atoms with E-state index < -0.39 is 24.2 Å². The molecular formula is C29H40N2O5. The van der Waals surface area contributed by atoms with E-state index in [2.05, 4.69) is 12.2 Å². The highest BCUT2D eigenvalue weighted by molar-refractivity contribution is 5.90. The summed E-state index contributed by atoms with van der Waals surface area (Å²) in [6.45, 7) is 3.79. The van der Waals surface area contributed by atoms with Gasteiger partial charge in [-0.05, 0) is 75.2 Å². The quantitative estimate of drug-likeness (QED) is 0.535. The maximum Gasteiger partial charge on any atom is 0.329 e. The predicted molar refractivity (Wildman–Crippen MR) is 135 cm³/mol. The van der Waals surface area contributed by atoms with E-state index in [1.54, 1.807) is 11.8 Å². The monoisotopic (exact) mass is 496 g/mol. The fraction of sp³-hybridized carbons (Fsp3) is 0.690. The highest BCUT2D eigenvalue weighted by atomic mass is 16.5. The number of aliphatic hydroxyl groups excluding tert-OH is 1. The first-order valence-corrected chi connectivity index (χ1v) is 13.8. The van der Waals surface area contributed by atoms with Crippen molar-refractivity contribution < 1.29 is 24.2 Å². The number of benzene rings is 1. The average Bonchev–Trinajstić information content (AvgIpc) is 3.24. The minimum absolute atomic E-state index is 0.0179. The predicted octanol–water partition coefficient (Wildman–Crippen LogP) is 3.75. The van der Waals surface area contributed by atoms with Gasteiger partial charge in [0.05, 0.1) is 17.6 Å². The van der Waals surface area contributed by atoms with Crippen LogP contribution in [0.3, 0.4) is 0 Å². The largest absolute Gasteiger partial charge is 0.451 e. The fourth-order valence-corrected chi connectivity index (χ4v) is 7.83. The summed E-state index contributed by atoms with van der Waals surface area (Å²) in [6.07, 6.45) is 6.50. The van der Waals surface area contributed by atoms with Gasteiger partial charge in [-0.3, -0.25) is 9.59 Å². The van der Waals surface area contributed by atoms with Crippen molar-refractivity contribution in [2.75, 3.05) is 6.54 Å². The Kier molecular flexibility index (Phi) is 7.12. The lowest BCUT2D eigenvalue weighted by Gasteiger charge is -2.56. The van der Waals surface area contributed by atoms with Crippen LogP contribution >= 0.6 is 0 Å². The summed E-state index contributed by atoms with van der Waals surface area (Å²) in [5, 5.41) is 13.4. The van der Waals surface area contributed by atoms with Crippen molar-refractivity contribution in [3.8, 4) is 0 Å². The summed E-state index contributed by atoms with van der Waals surface area (Å²) in [4.78, 5) is 41.6. The van der Waals surface area contributed by atoms with E-state index in [1.807, 2.05) is 30.3 Å². The van der Waals surface area contributed by atoms with Crippen molar-refractivity contribution in [1.82, 2.24) is 10.2 Å². The Balaban J connectivity index is 1.23. The van der Waals surface area contributed by atoms with Crippen molar-refractivity contribution in [3.05, 3.63) is 35.9 Å². The SMILES string of the molecule is CCCC(NC(=O)C(C)OC(=O)[C@@H]1CC(O)CN1C(=O)C12CC3CC(CC(C3)C1)C2)c1ccccc1. The van der Waals surface area contributed by atoms with Gasteiger partial charge in [-0.15, -0.1) is 0 Å². The first kappa shape index (κ1) is 25.2. The number of nitrogens with one attached hydrogen (secondary N) is 1. The van der Waals surface area contributed by atoms with Crippen LogP contribution in [0, 0.1) is 23.2 Å². The number of ether oxygens (including phenoxy) is 1. The second kappa shape index (κ2) is 10.2. The van der Waals surface area contributed by atoms with Gasteiger partial charge in [0.25, 0.3) is 5.91 Å². The number of amides is 2. The highest BCUT2D eigenvalue weighted by Gasteiger charge is 2.57. The number of rotatable bonds is 8. The zero-order valence-corrected chi connectivity index (χ0v) is 21.5. The first-order chi connectivity index (χ1) is 17.3. The Morgan fingerprint density at radius 1 is 1.06 bits per heavy atom. The van der Waals surface area contributed by atoms with Crippen LogP contribution in [0.5, 0.6) is 0 Å². The number of nitrogens with zero attached hydrogens (tertiary/aromatic N) is 1. The lowest BCUT2D eigenvalue weighted by molar-refractivity contribution is -0.168. The van der Waals surface area contributed by atoms with Crippen LogP contribution < -0.4 is 5.32 Å². The molecule has 0 radical (unpaired) electrons. The van der Waals surface area contributed by atoms with Crippen LogP contribution in [0.15, 0.2) is 30.3 Å². The average molecular weight is 497 g/mol. The van der Waals surface area contributed by atoms with Crippen LogP contribution in [-0.4, -0.2) is 52.6 Å². The Labute approximate surface area is 214 Å². The topological polar surface area (TPSA) is 95.9 Å². The van der Waals surface area contributed by atoms with Crippen LogP contribution in [0.4, 0.5) is 0 Å². The number of likely N-dealkylation sites (tertiary alicyclic amines) is 1. The molecule has 5 aliphatic rings. The van der Waals surface area contributed by atoms with Crippen LogP contribution in [0.1, 0.15) is 83.2 Å². The summed E-state index contributed by atoms with van der Waals surface area (Å²) in [6, 6.07) is 8.77. The Morgan fingerprint density at radius 3 is 2.25 bits per heavy atom. The molecule has 1 saturated heterocycles. The lowest BCUT2D eigenvalue weighted by Crippen LogP contribution is -2.56. The minimum atomic E-state index is -0.991. The Bertz CT molecular complexity index is 944. The third-order valence-electron chi connectivity index (χ3n) is 9.06. The molecule has 4 bridgehead atoms. The molecule has 7 heteroatoms. The molecule has 3 unspecified atom stereocenters. The molecule has 196 valence electrons. The van der Waals surface area contributed by atoms with Crippen molar-refractivity contribution in [3.63, 3.8) is 0 Å². The maximum absolute atomic E-state index is 13.9. The molecule has 2 amide bonds. The number of hydrogen-bond acceptors (Lipinski definition) is 5. The number of β-amino-alcohol motifs (C(OH)–C–C–N with tert-alkyl or cyclic N) is 1. The minimum Gasteiger partial charge on any atom is -0.451 e. The van der Waals surface area contributed by atoms with Crippen LogP contribution in [-0.2, 0) is 19.1 Å². The number of carbonyl (C=O) groups is 3. The van der Waals surface area contributed by atoms with E-state index >= 15 is 0 Å². The van der Waals surface area contributed by atoms with E-state index in [1.165, 1.54) is 19.3 Å². The van der Waals surface area contributed by atoms with E-state index in [-0.39, 0.29) is 36.2 Å². The molecule has 0 aromatic heterocycles. The van der Waals surface area contributed by atoms with Gasteiger partial charge in [0.2, 0.25) is 5.91 Å². The van der Waals surface area contributed by atoms with E-state index in [0.717, 1.165) is 37.7 Å². The summed E-state index contributed by atoms with van der Waals surface area (Å²) < 4.78 is 5.60. The number of carbonyl (C=O) groups excluding carboxylic acids is 3. The molecule has 1 heterocycles. The number of esters is 1. The summed E-state index contributed by atoms with van der Waals surface area (Å²) in [5.41, 5.74) is 0.626. The molecule has 7 nitrogen and oxygen atoms in total. The molecule has 4 atom stereocenters. The molecule has 36 heavy (non-hydrogen) atoms. The first-order valence-electron chi connectivity index (χ1n) is 13.8. The molecule has 1 aromatic carbocycles. The molecule has 0 spiro atoms. The van der Waals surface area contributed by atoms with Gasteiger partial charge in [-0.1, -0.05) is 43.7 Å². The van der Waals surface area contributed by atoms with E-state index in [4.69, 9.17) is 4.74 Å². The molecule has 5 fully saturated rings. The van der Waals surface area contributed by atoms with Gasteiger partial charge in [-0.25, -0.2) is 4.79 Å². The van der Waals surface area contributed by atoms with Crippen molar-refractivity contribution in [2.24, 2.45) is 23.2 Å². The van der Waals surface area contributed by atoms with Gasteiger partial charge >= 0.3 is 5.97 Å². The standard InChI is InChI=1S/C29H40N2O5/c1-3-7-24(22-8-5-4-6-9-22)30-26(33)18(2)36-27(34)25-13-23(32)17-31(25)28(35)29-14-19-10-20(15-29)12-21(11-19)16-29/h4-6,8-9,18-21,23-25,32H,3,7,10-17H2,1-2H3,(H,30,33)/t18?,19?,20?,21?,23?,24?,25-,29?/m0/s1. The molecule has 6 rings (SSSR count). The lowest BCUT2D eigenvalue weighted by atomic mass is 9.49. The van der Waals surface area contributed by atoms with Gasteiger partial charge in [0.15, 0.2) is 6.10 Å². The van der Waals surface area contributed by atoms with Crippen molar-refractivity contribution in [1.29, 1.82) is 0 Å². The van der Waals surface area contributed by atoms with Crippen molar-refractivity contribution in [2.45, 2.75) is 95.9 Å². The molecular weight excluding hydrogens is 456 g/mol. The van der Waals surface area contributed by atoms with E-state index in [0.29, 0.717) is 17.8 Å². The van der Waals surface area contributed by atoms with Gasteiger partial charge in [-0.2, -0.15) is 0 Å². The second-order valence-corrected chi connectivity index (χ2v) is 11.9. The van der Waals surface area contributed by atoms with Crippen LogP contribution in [0.2, 0.25) is 0 Å². The maximum atomic E-state index is 13.9. The summed E-state index contributed by atoms with van der Waals surface area (Å²) in [5.74, 6) is 0.902. The Morgan fingerprint density at radius 2 is 1.67 bits per heavy atom. The van der Waals surface area contributed by atoms with Gasteiger partial charge in [0.1, 0.15) is 6.04 Å². The summed E-state index contributed by atoms with van der Waals surface area (Å²) in [7, 11) is 0. The van der Waals surface area contributed by atoms with Crippen molar-refractivity contribution >= 4 is 17.8 Å². The molecule has 4 aliphatic carbocycles. The van der Waals surface area contributed by atoms with E-state index in [9.17, 15) is 19.5 Å². The molecule has 1 aromatic rings. The molecule has 4 saturated carbocycles. The van der Waals surface area contributed by atoms with Gasteiger partial charge < -0.3 is 20.1 Å². The smallest absolute Gasteiger partial charge is 0.329 e. The summed E-state index contributed by atoms with van der Waals surface area (Å²) >= 11 is 0. The normalized spacial score (nSPS) is 34.3. The zero-order chi connectivity index (χ0) is 25.4. The number of hydrogen-bond donors (Lipinski definition) is 2. The molecule has 2 N–H and O–H groups in total. The van der Waals surface area contributed by atoms with Crippen LogP contribution in [0.25, 0.3) is 0 Å². The fourth-order valence-electron chi connectivity index (χ4n) is 7.83.